The van der Waals surface area contributed by atoms with Gasteiger partial charge in [-0.15, -0.1) is 11.8 Å². The first-order valence-electron chi connectivity index (χ1n) is 8.82. The number of allylic oxidation sites excluding steroid dienone is 2. The lowest BCUT2D eigenvalue weighted by molar-refractivity contribution is -0.144. The van der Waals surface area contributed by atoms with E-state index in [1.54, 1.807) is 11.8 Å². The van der Waals surface area contributed by atoms with Crippen molar-refractivity contribution in [2.75, 3.05) is 12.4 Å². The highest BCUT2D eigenvalue weighted by atomic mass is 32.2. The zero-order valence-corrected chi connectivity index (χ0v) is 16.2. The summed E-state index contributed by atoms with van der Waals surface area (Å²) in [6.07, 6.45) is 1.87. The van der Waals surface area contributed by atoms with Crippen LogP contribution in [0.1, 0.15) is 39.2 Å². The van der Waals surface area contributed by atoms with Gasteiger partial charge < -0.3 is 10.1 Å². The van der Waals surface area contributed by atoms with Crippen molar-refractivity contribution in [1.82, 2.24) is 5.32 Å². The lowest BCUT2D eigenvalue weighted by atomic mass is 9.78. The second-order valence-electron chi connectivity index (χ2n) is 7.48. The van der Waals surface area contributed by atoms with Crippen molar-refractivity contribution in [2.24, 2.45) is 10.4 Å². The highest BCUT2D eigenvalue weighted by Crippen LogP contribution is 2.43. The molecule has 1 unspecified atom stereocenters. The van der Waals surface area contributed by atoms with Gasteiger partial charge in [0.25, 0.3) is 0 Å². The molecule has 134 valence electrons. The summed E-state index contributed by atoms with van der Waals surface area (Å²) in [6.45, 7) is 8.84. The lowest BCUT2D eigenvalue weighted by Gasteiger charge is -2.38. The number of thioether (sulfide) groups is 1. The molecule has 0 saturated heterocycles. The predicted octanol–water partition coefficient (Wildman–Crippen LogP) is 4.37. The molecule has 1 aliphatic heterocycles. The van der Waals surface area contributed by atoms with Gasteiger partial charge >= 0.3 is 5.97 Å². The number of rotatable bonds is 3. The maximum absolute atomic E-state index is 12.1. The maximum Gasteiger partial charge on any atom is 0.329 e. The van der Waals surface area contributed by atoms with Gasteiger partial charge in [0, 0.05) is 16.4 Å². The quantitative estimate of drug-likeness (QED) is 0.815. The van der Waals surface area contributed by atoms with Gasteiger partial charge in [-0.1, -0.05) is 31.5 Å². The SMILES string of the molecule is CCOC(=O)C1CSC2=C(CC(C)(C)C/C2=N\c2ccc(C)cc2)N1. The third kappa shape index (κ3) is 4.27. The Kier molecular flexibility index (Phi) is 5.23. The van der Waals surface area contributed by atoms with E-state index in [-0.39, 0.29) is 17.4 Å². The number of hydrogen-bond donors (Lipinski definition) is 1. The molecule has 0 bridgehead atoms. The monoisotopic (exact) mass is 358 g/mol. The molecular formula is C20H26N2O2S. The number of hydrogen-bond acceptors (Lipinski definition) is 5. The summed E-state index contributed by atoms with van der Waals surface area (Å²) in [6, 6.07) is 8.04. The largest absolute Gasteiger partial charge is 0.464 e. The molecule has 4 nitrogen and oxygen atoms in total. The van der Waals surface area contributed by atoms with Crippen LogP contribution in [0.4, 0.5) is 5.69 Å². The van der Waals surface area contributed by atoms with Gasteiger partial charge in [0.1, 0.15) is 6.04 Å². The average molecular weight is 359 g/mol. The molecule has 5 heteroatoms. The Balaban J connectivity index is 1.90. The van der Waals surface area contributed by atoms with Gasteiger partial charge in [0.15, 0.2) is 0 Å². The van der Waals surface area contributed by atoms with Gasteiger partial charge in [0.2, 0.25) is 0 Å². The molecule has 1 aromatic rings. The highest BCUT2D eigenvalue weighted by Gasteiger charge is 2.37. The topological polar surface area (TPSA) is 50.7 Å². The van der Waals surface area contributed by atoms with Crippen molar-refractivity contribution in [2.45, 2.75) is 46.6 Å². The fraction of sp³-hybridized carbons (Fsp3) is 0.500. The van der Waals surface area contributed by atoms with Gasteiger partial charge in [-0.3, -0.25) is 4.99 Å². The van der Waals surface area contributed by atoms with Crippen molar-refractivity contribution in [3.8, 4) is 0 Å². The number of aliphatic imine (C=N–C) groups is 1. The number of ether oxygens (including phenoxy) is 1. The van der Waals surface area contributed by atoms with Gasteiger partial charge in [-0.2, -0.15) is 0 Å². The van der Waals surface area contributed by atoms with Crippen LogP contribution in [0.2, 0.25) is 0 Å². The summed E-state index contributed by atoms with van der Waals surface area (Å²) in [5.41, 5.74) is 4.59. The first-order chi connectivity index (χ1) is 11.9. The van der Waals surface area contributed by atoms with Crippen LogP contribution in [0.3, 0.4) is 0 Å². The fourth-order valence-corrected chi connectivity index (χ4v) is 4.41. The summed E-state index contributed by atoms with van der Waals surface area (Å²) >= 11 is 1.73. The minimum Gasteiger partial charge on any atom is -0.464 e. The molecule has 0 amide bonds. The minimum absolute atomic E-state index is 0.118. The lowest BCUT2D eigenvalue weighted by Crippen LogP contribution is -2.45. The van der Waals surface area contributed by atoms with E-state index >= 15 is 0 Å². The number of aryl methyl sites for hydroxylation is 1. The number of nitrogens with one attached hydrogen (secondary N) is 1. The van der Waals surface area contributed by atoms with Gasteiger partial charge in [-0.05, 0) is 44.2 Å². The van der Waals surface area contributed by atoms with Crippen molar-refractivity contribution < 1.29 is 9.53 Å². The number of benzene rings is 1. The van der Waals surface area contributed by atoms with Crippen LogP contribution < -0.4 is 5.32 Å². The van der Waals surface area contributed by atoms with Crippen molar-refractivity contribution in [1.29, 1.82) is 0 Å². The summed E-state index contributed by atoms with van der Waals surface area (Å²) in [4.78, 5) is 18.2. The van der Waals surface area contributed by atoms with E-state index < -0.39 is 0 Å². The number of nitrogens with zero attached hydrogens (tertiary/aromatic N) is 1. The van der Waals surface area contributed by atoms with Crippen LogP contribution in [0.25, 0.3) is 0 Å². The van der Waals surface area contributed by atoms with Crippen LogP contribution in [0.15, 0.2) is 39.9 Å². The number of carbonyl (C=O) groups is 1. The Morgan fingerprint density at radius 2 is 2.04 bits per heavy atom. The Morgan fingerprint density at radius 3 is 2.72 bits per heavy atom. The maximum atomic E-state index is 12.1. The standard InChI is InChI=1S/C20H26N2O2S/c1-5-24-19(23)17-12-25-18-15(10-20(3,4)11-16(18)22-17)21-14-8-6-13(2)7-9-14/h6-9,17,22H,5,10-12H2,1-4H3/b21-15+. The fourth-order valence-electron chi connectivity index (χ4n) is 3.27. The molecular weight excluding hydrogens is 332 g/mol. The van der Waals surface area contributed by atoms with Crippen molar-refractivity contribution >= 4 is 29.1 Å². The van der Waals surface area contributed by atoms with E-state index in [0.29, 0.717) is 12.4 Å². The Hall–Kier alpha value is -1.75. The van der Waals surface area contributed by atoms with Crippen LogP contribution in [-0.4, -0.2) is 30.1 Å². The summed E-state index contributed by atoms with van der Waals surface area (Å²) in [5.74, 6) is 0.521. The summed E-state index contributed by atoms with van der Waals surface area (Å²) < 4.78 is 5.18. The molecule has 1 aliphatic carbocycles. The molecule has 25 heavy (non-hydrogen) atoms. The zero-order valence-electron chi connectivity index (χ0n) is 15.4. The van der Waals surface area contributed by atoms with E-state index in [0.717, 1.165) is 29.9 Å². The van der Waals surface area contributed by atoms with E-state index in [9.17, 15) is 4.79 Å². The van der Waals surface area contributed by atoms with E-state index in [1.165, 1.54) is 10.5 Å². The third-order valence-electron chi connectivity index (χ3n) is 4.45. The van der Waals surface area contributed by atoms with E-state index in [1.807, 2.05) is 6.92 Å². The molecule has 1 N–H and O–H groups in total. The molecule has 1 atom stereocenters. The zero-order chi connectivity index (χ0) is 18.0. The minimum atomic E-state index is -0.266. The number of esters is 1. The molecule has 0 fully saturated rings. The van der Waals surface area contributed by atoms with Crippen LogP contribution in [0, 0.1) is 12.3 Å². The Morgan fingerprint density at radius 1 is 1.32 bits per heavy atom. The van der Waals surface area contributed by atoms with Crippen molar-refractivity contribution in [3.05, 3.63) is 40.4 Å². The molecule has 1 aromatic carbocycles. The van der Waals surface area contributed by atoms with E-state index in [2.05, 4.69) is 50.4 Å². The predicted molar refractivity (Wildman–Crippen MR) is 104 cm³/mol. The molecule has 0 radical (unpaired) electrons. The average Bonchev–Trinajstić information content (AvgIpc) is 2.55. The molecule has 0 spiro atoms. The second-order valence-corrected chi connectivity index (χ2v) is 8.51. The Labute approximate surface area is 154 Å². The van der Waals surface area contributed by atoms with Crippen LogP contribution in [0.5, 0.6) is 0 Å². The number of carbonyl (C=O) groups excluding carboxylic acids is 1. The van der Waals surface area contributed by atoms with Crippen LogP contribution in [-0.2, 0) is 9.53 Å². The van der Waals surface area contributed by atoms with Crippen LogP contribution >= 0.6 is 11.8 Å². The summed E-state index contributed by atoms with van der Waals surface area (Å²) in [7, 11) is 0. The molecule has 2 aliphatic rings. The third-order valence-corrected chi connectivity index (χ3v) is 5.72. The van der Waals surface area contributed by atoms with Gasteiger partial charge in [-0.25, -0.2) is 4.79 Å². The second kappa shape index (κ2) is 7.24. The smallest absolute Gasteiger partial charge is 0.329 e. The first-order valence-corrected chi connectivity index (χ1v) is 9.80. The normalized spacial score (nSPS) is 23.8. The molecule has 0 saturated carbocycles. The first kappa shape index (κ1) is 18.1. The molecule has 0 aromatic heterocycles. The summed E-state index contributed by atoms with van der Waals surface area (Å²) in [5, 5.41) is 3.42. The van der Waals surface area contributed by atoms with E-state index in [4.69, 9.17) is 9.73 Å². The molecule has 3 rings (SSSR count). The van der Waals surface area contributed by atoms with Gasteiger partial charge in [0.05, 0.1) is 18.0 Å². The molecule has 1 heterocycles. The van der Waals surface area contributed by atoms with Crippen molar-refractivity contribution in [3.63, 3.8) is 0 Å². The highest BCUT2D eigenvalue weighted by molar-refractivity contribution is 8.04. The Bertz CT molecular complexity index is 720.